The number of aromatic nitrogens is 2. The number of nitrogens with two attached hydrogens (primary N) is 1. The third-order valence-corrected chi connectivity index (χ3v) is 4.66. The Morgan fingerprint density at radius 3 is 2.74 bits per heavy atom. The molecule has 6 heteroatoms. The van der Waals surface area contributed by atoms with E-state index in [-0.39, 0.29) is 0 Å². The SMILES string of the molecule is CCc1c(C)sc2nc(N3CCNCC3)nc(N)c12. The number of hydrogen-bond donors (Lipinski definition) is 2. The van der Waals surface area contributed by atoms with Crippen LogP contribution in [0.5, 0.6) is 0 Å². The largest absolute Gasteiger partial charge is 0.383 e. The van der Waals surface area contributed by atoms with Crippen LogP contribution >= 0.6 is 11.3 Å². The molecule has 1 fully saturated rings. The molecule has 0 saturated carbocycles. The fraction of sp³-hybridized carbons (Fsp3) is 0.538. The van der Waals surface area contributed by atoms with Gasteiger partial charge in [-0.3, -0.25) is 0 Å². The van der Waals surface area contributed by atoms with Crippen LogP contribution in [0.2, 0.25) is 0 Å². The first kappa shape index (κ1) is 12.6. The van der Waals surface area contributed by atoms with Crippen molar-refractivity contribution in [3.63, 3.8) is 0 Å². The average Bonchev–Trinajstić information content (AvgIpc) is 2.75. The Kier molecular flexibility index (Phi) is 3.28. The number of anilines is 2. The average molecular weight is 277 g/mol. The zero-order valence-corrected chi connectivity index (χ0v) is 12.2. The minimum atomic E-state index is 0.625. The van der Waals surface area contributed by atoms with Crippen LogP contribution in [0.1, 0.15) is 17.4 Å². The Morgan fingerprint density at radius 2 is 2.05 bits per heavy atom. The van der Waals surface area contributed by atoms with Gasteiger partial charge in [-0.05, 0) is 18.9 Å². The van der Waals surface area contributed by atoms with Gasteiger partial charge in [-0.25, -0.2) is 4.98 Å². The predicted molar refractivity (Wildman–Crippen MR) is 81.0 cm³/mol. The lowest BCUT2D eigenvalue weighted by molar-refractivity contribution is 0.581. The summed E-state index contributed by atoms with van der Waals surface area (Å²) in [7, 11) is 0. The van der Waals surface area contributed by atoms with Gasteiger partial charge in [0.25, 0.3) is 0 Å². The molecule has 2 aromatic heterocycles. The molecular weight excluding hydrogens is 258 g/mol. The summed E-state index contributed by atoms with van der Waals surface area (Å²) in [6.07, 6.45) is 0.979. The second kappa shape index (κ2) is 4.94. The van der Waals surface area contributed by atoms with E-state index in [1.54, 1.807) is 11.3 Å². The first-order valence-electron chi connectivity index (χ1n) is 6.72. The van der Waals surface area contributed by atoms with Crippen LogP contribution in [0.4, 0.5) is 11.8 Å². The van der Waals surface area contributed by atoms with E-state index in [0.29, 0.717) is 5.82 Å². The third kappa shape index (κ3) is 2.15. The number of thiophene rings is 1. The van der Waals surface area contributed by atoms with Crippen molar-refractivity contribution in [2.45, 2.75) is 20.3 Å². The van der Waals surface area contributed by atoms with Crippen LogP contribution in [-0.2, 0) is 6.42 Å². The molecule has 1 aliphatic heterocycles. The van der Waals surface area contributed by atoms with Crippen molar-refractivity contribution in [2.75, 3.05) is 36.8 Å². The number of aryl methyl sites for hydroxylation is 2. The molecule has 0 aliphatic carbocycles. The molecule has 0 unspecified atom stereocenters. The van der Waals surface area contributed by atoms with Crippen LogP contribution in [0.25, 0.3) is 10.2 Å². The lowest BCUT2D eigenvalue weighted by Gasteiger charge is -2.27. The summed E-state index contributed by atoms with van der Waals surface area (Å²) < 4.78 is 0. The summed E-state index contributed by atoms with van der Waals surface area (Å²) in [6, 6.07) is 0. The van der Waals surface area contributed by atoms with Gasteiger partial charge in [0.1, 0.15) is 10.6 Å². The van der Waals surface area contributed by atoms with E-state index >= 15 is 0 Å². The van der Waals surface area contributed by atoms with E-state index < -0.39 is 0 Å². The summed E-state index contributed by atoms with van der Waals surface area (Å²) in [5.74, 6) is 1.40. The summed E-state index contributed by atoms with van der Waals surface area (Å²) in [5, 5.41) is 4.39. The molecular formula is C13H19N5S. The van der Waals surface area contributed by atoms with Crippen molar-refractivity contribution in [2.24, 2.45) is 0 Å². The van der Waals surface area contributed by atoms with Gasteiger partial charge < -0.3 is 16.0 Å². The van der Waals surface area contributed by atoms with Gasteiger partial charge in [0.2, 0.25) is 5.95 Å². The van der Waals surface area contributed by atoms with Crippen LogP contribution < -0.4 is 16.0 Å². The minimum Gasteiger partial charge on any atom is -0.383 e. The summed E-state index contributed by atoms with van der Waals surface area (Å²) in [6.45, 7) is 8.12. The molecule has 1 aliphatic rings. The van der Waals surface area contributed by atoms with Gasteiger partial charge in [0, 0.05) is 31.1 Å². The van der Waals surface area contributed by atoms with Crippen LogP contribution in [0.3, 0.4) is 0 Å². The highest BCUT2D eigenvalue weighted by Crippen LogP contribution is 2.34. The van der Waals surface area contributed by atoms with E-state index in [1.807, 2.05) is 0 Å². The molecule has 1 saturated heterocycles. The van der Waals surface area contributed by atoms with E-state index in [4.69, 9.17) is 10.7 Å². The van der Waals surface area contributed by atoms with Gasteiger partial charge in [-0.1, -0.05) is 6.92 Å². The van der Waals surface area contributed by atoms with Crippen molar-refractivity contribution in [3.8, 4) is 0 Å². The second-order valence-corrected chi connectivity index (χ2v) is 6.02. The lowest BCUT2D eigenvalue weighted by Crippen LogP contribution is -2.44. The minimum absolute atomic E-state index is 0.625. The summed E-state index contributed by atoms with van der Waals surface area (Å²) >= 11 is 1.72. The summed E-state index contributed by atoms with van der Waals surface area (Å²) in [5.41, 5.74) is 7.46. The van der Waals surface area contributed by atoms with Gasteiger partial charge in [-0.15, -0.1) is 11.3 Å². The van der Waals surface area contributed by atoms with Crippen molar-refractivity contribution < 1.29 is 0 Å². The van der Waals surface area contributed by atoms with Crippen molar-refractivity contribution >= 4 is 33.3 Å². The zero-order chi connectivity index (χ0) is 13.4. The maximum absolute atomic E-state index is 6.17. The highest BCUT2D eigenvalue weighted by molar-refractivity contribution is 7.18. The quantitative estimate of drug-likeness (QED) is 0.872. The van der Waals surface area contributed by atoms with E-state index in [9.17, 15) is 0 Å². The highest BCUT2D eigenvalue weighted by Gasteiger charge is 2.18. The Bertz CT molecular complexity index is 601. The van der Waals surface area contributed by atoms with Gasteiger partial charge >= 0.3 is 0 Å². The third-order valence-electron chi connectivity index (χ3n) is 3.62. The molecule has 102 valence electrons. The van der Waals surface area contributed by atoms with Crippen LogP contribution in [0, 0.1) is 6.92 Å². The zero-order valence-electron chi connectivity index (χ0n) is 11.4. The monoisotopic (exact) mass is 277 g/mol. The number of rotatable bonds is 2. The first-order chi connectivity index (χ1) is 9.20. The Hall–Kier alpha value is -1.40. The fourth-order valence-electron chi connectivity index (χ4n) is 2.62. The van der Waals surface area contributed by atoms with Gasteiger partial charge in [0.05, 0.1) is 5.39 Å². The number of nitrogens with zero attached hydrogens (tertiary/aromatic N) is 3. The number of nitrogen functional groups attached to an aromatic ring is 1. The lowest BCUT2D eigenvalue weighted by atomic mass is 10.1. The molecule has 3 N–H and O–H groups in total. The van der Waals surface area contributed by atoms with E-state index in [1.165, 1.54) is 10.4 Å². The van der Waals surface area contributed by atoms with Gasteiger partial charge in [0.15, 0.2) is 0 Å². The van der Waals surface area contributed by atoms with Crippen LogP contribution in [0.15, 0.2) is 0 Å². The number of piperazine rings is 1. The van der Waals surface area contributed by atoms with Crippen molar-refractivity contribution in [1.29, 1.82) is 0 Å². The Morgan fingerprint density at radius 1 is 1.32 bits per heavy atom. The van der Waals surface area contributed by atoms with E-state index in [0.717, 1.165) is 48.8 Å². The first-order valence-corrected chi connectivity index (χ1v) is 7.53. The van der Waals surface area contributed by atoms with Crippen molar-refractivity contribution in [3.05, 3.63) is 10.4 Å². The molecule has 3 heterocycles. The van der Waals surface area contributed by atoms with Crippen LogP contribution in [-0.4, -0.2) is 36.1 Å². The van der Waals surface area contributed by atoms with E-state index in [2.05, 4.69) is 29.0 Å². The molecule has 0 bridgehead atoms. The summed E-state index contributed by atoms with van der Waals surface area (Å²) in [4.78, 5) is 13.8. The molecule has 0 atom stereocenters. The smallest absolute Gasteiger partial charge is 0.228 e. The molecule has 0 radical (unpaired) electrons. The standard InChI is InChI=1S/C13H19N5S/c1-3-9-8(2)19-12-10(9)11(14)16-13(17-12)18-6-4-15-5-7-18/h15H,3-7H2,1-2H3,(H2,14,16,17). The Labute approximate surface area is 116 Å². The van der Waals surface area contributed by atoms with Crippen molar-refractivity contribution in [1.82, 2.24) is 15.3 Å². The molecule has 2 aromatic rings. The number of hydrogen-bond acceptors (Lipinski definition) is 6. The molecule has 0 spiro atoms. The molecule has 3 rings (SSSR count). The highest BCUT2D eigenvalue weighted by atomic mass is 32.1. The second-order valence-electron chi connectivity index (χ2n) is 4.82. The maximum atomic E-state index is 6.17. The molecule has 5 nitrogen and oxygen atoms in total. The Balaban J connectivity index is 2.09. The fourth-order valence-corrected chi connectivity index (χ4v) is 3.73. The molecule has 19 heavy (non-hydrogen) atoms. The normalized spacial score (nSPS) is 16.2. The predicted octanol–water partition coefficient (Wildman–Crippen LogP) is 1.55. The molecule has 0 aromatic carbocycles. The maximum Gasteiger partial charge on any atom is 0.228 e. The topological polar surface area (TPSA) is 67.1 Å². The number of fused-ring (bicyclic) bond motifs is 1. The van der Waals surface area contributed by atoms with Gasteiger partial charge in [-0.2, -0.15) is 4.98 Å². The molecule has 0 amide bonds. The number of nitrogens with one attached hydrogen (secondary N) is 1.